The van der Waals surface area contributed by atoms with Gasteiger partial charge < -0.3 is 24.5 Å². The van der Waals surface area contributed by atoms with Crippen LogP contribution in [-0.2, 0) is 22.7 Å². The maximum absolute atomic E-state index is 6.38. The predicted molar refractivity (Wildman–Crippen MR) is 138 cm³/mol. The minimum absolute atomic E-state index is 0.132. The van der Waals surface area contributed by atoms with Crippen molar-refractivity contribution >= 4 is 11.0 Å². The molecule has 1 saturated heterocycles. The Labute approximate surface area is 206 Å². The summed E-state index contributed by atoms with van der Waals surface area (Å²) in [7, 11) is 0. The molecule has 3 aromatic carbocycles. The number of hydrogen-bond donors (Lipinski definition) is 2. The summed E-state index contributed by atoms with van der Waals surface area (Å²) in [5.41, 5.74) is 5.67. The molecular weight excluding hydrogens is 438 g/mol. The third-order valence-corrected chi connectivity index (χ3v) is 6.50. The standard InChI is InChI=1S/C29H33N3O3/c1-2-5-22(6-3-1)19-33-15-4-16-34-25-10-8-24(9-11-25)26-13-14-30-18-29(26)35-20-23-7-12-27-28(17-23)32-21-31-27/h1-3,5-12,17,21,26,29-30H,4,13-16,18-20H2,(H,31,32). The van der Waals surface area contributed by atoms with E-state index in [0.717, 1.165) is 48.3 Å². The number of H-pyrrole nitrogens is 1. The van der Waals surface area contributed by atoms with E-state index in [2.05, 4.69) is 69.9 Å². The van der Waals surface area contributed by atoms with Crippen molar-refractivity contribution in [1.29, 1.82) is 0 Å². The summed E-state index contributed by atoms with van der Waals surface area (Å²) in [4.78, 5) is 7.49. The number of aromatic amines is 1. The third-order valence-electron chi connectivity index (χ3n) is 6.50. The Morgan fingerprint density at radius 1 is 0.886 bits per heavy atom. The van der Waals surface area contributed by atoms with Gasteiger partial charge in [0, 0.05) is 18.9 Å². The molecule has 2 heterocycles. The van der Waals surface area contributed by atoms with E-state index in [4.69, 9.17) is 14.2 Å². The monoisotopic (exact) mass is 471 g/mol. The van der Waals surface area contributed by atoms with Crippen LogP contribution in [0.15, 0.2) is 79.1 Å². The van der Waals surface area contributed by atoms with Crippen molar-refractivity contribution < 1.29 is 14.2 Å². The Morgan fingerprint density at radius 2 is 1.77 bits per heavy atom. The Morgan fingerprint density at radius 3 is 2.66 bits per heavy atom. The first-order valence-electron chi connectivity index (χ1n) is 12.4. The van der Waals surface area contributed by atoms with E-state index in [1.54, 1.807) is 6.33 Å². The number of piperidine rings is 1. The van der Waals surface area contributed by atoms with Crippen LogP contribution in [0.25, 0.3) is 11.0 Å². The van der Waals surface area contributed by atoms with Crippen LogP contribution in [0.5, 0.6) is 5.75 Å². The van der Waals surface area contributed by atoms with Crippen molar-refractivity contribution in [1.82, 2.24) is 15.3 Å². The highest BCUT2D eigenvalue weighted by Crippen LogP contribution is 2.30. The van der Waals surface area contributed by atoms with Crippen LogP contribution in [0.1, 0.15) is 35.4 Å². The smallest absolute Gasteiger partial charge is 0.119 e. The summed E-state index contributed by atoms with van der Waals surface area (Å²) >= 11 is 0. The molecule has 35 heavy (non-hydrogen) atoms. The molecule has 0 saturated carbocycles. The van der Waals surface area contributed by atoms with Crippen molar-refractivity contribution in [2.45, 2.75) is 38.1 Å². The van der Waals surface area contributed by atoms with Gasteiger partial charge in [0.2, 0.25) is 0 Å². The first-order valence-corrected chi connectivity index (χ1v) is 12.4. The molecule has 1 aliphatic rings. The van der Waals surface area contributed by atoms with Crippen LogP contribution in [0.3, 0.4) is 0 Å². The second-order valence-corrected chi connectivity index (χ2v) is 9.01. The molecule has 2 atom stereocenters. The average molecular weight is 472 g/mol. The van der Waals surface area contributed by atoms with Crippen LogP contribution in [0.2, 0.25) is 0 Å². The van der Waals surface area contributed by atoms with Crippen LogP contribution in [0.4, 0.5) is 0 Å². The third kappa shape index (κ3) is 6.48. The average Bonchev–Trinajstić information content (AvgIpc) is 3.39. The molecule has 6 heteroatoms. The molecular formula is C29H33N3O3. The highest BCUT2D eigenvalue weighted by molar-refractivity contribution is 5.74. The minimum atomic E-state index is 0.132. The number of hydrogen-bond acceptors (Lipinski definition) is 5. The van der Waals surface area contributed by atoms with Gasteiger partial charge in [-0.1, -0.05) is 48.5 Å². The van der Waals surface area contributed by atoms with E-state index in [1.807, 2.05) is 18.2 Å². The molecule has 1 aromatic heterocycles. The summed E-state index contributed by atoms with van der Waals surface area (Å²) in [6.07, 6.45) is 3.78. The summed E-state index contributed by atoms with van der Waals surface area (Å²) in [5.74, 6) is 1.27. The number of benzene rings is 3. The summed E-state index contributed by atoms with van der Waals surface area (Å²) in [5, 5.41) is 3.48. The molecule has 0 aliphatic carbocycles. The Bertz CT molecular complexity index is 1180. The Hall–Kier alpha value is -3.19. The van der Waals surface area contributed by atoms with E-state index < -0.39 is 0 Å². The molecule has 5 rings (SSSR count). The van der Waals surface area contributed by atoms with Crippen molar-refractivity contribution in [3.05, 3.63) is 95.8 Å². The predicted octanol–water partition coefficient (Wildman–Crippen LogP) is 5.21. The number of aromatic nitrogens is 2. The van der Waals surface area contributed by atoms with Gasteiger partial charge in [-0.2, -0.15) is 0 Å². The molecule has 1 aliphatic heterocycles. The summed E-state index contributed by atoms with van der Waals surface area (Å²) < 4.78 is 18.0. The van der Waals surface area contributed by atoms with Crippen molar-refractivity contribution in [2.24, 2.45) is 0 Å². The summed E-state index contributed by atoms with van der Waals surface area (Å²) in [6.45, 7) is 4.43. The minimum Gasteiger partial charge on any atom is -0.494 e. The molecule has 2 unspecified atom stereocenters. The maximum Gasteiger partial charge on any atom is 0.119 e. The van der Waals surface area contributed by atoms with E-state index in [1.165, 1.54) is 11.1 Å². The van der Waals surface area contributed by atoms with Crippen molar-refractivity contribution in [3.63, 3.8) is 0 Å². The Kier molecular flexibility index (Phi) is 8.06. The quantitative estimate of drug-likeness (QED) is 0.294. The van der Waals surface area contributed by atoms with Gasteiger partial charge in [0.1, 0.15) is 5.75 Å². The van der Waals surface area contributed by atoms with Crippen LogP contribution in [0, 0.1) is 0 Å². The molecule has 0 amide bonds. The molecule has 0 spiro atoms. The molecule has 1 fully saturated rings. The topological polar surface area (TPSA) is 68.4 Å². The Balaban J connectivity index is 1.08. The molecule has 0 radical (unpaired) electrons. The lowest BCUT2D eigenvalue weighted by Gasteiger charge is -2.32. The highest BCUT2D eigenvalue weighted by atomic mass is 16.5. The van der Waals surface area contributed by atoms with Crippen LogP contribution >= 0.6 is 0 Å². The molecule has 4 aromatic rings. The number of fused-ring (bicyclic) bond motifs is 1. The number of nitrogens with zero attached hydrogens (tertiary/aromatic N) is 1. The van der Waals surface area contributed by atoms with E-state index in [0.29, 0.717) is 32.3 Å². The lowest BCUT2D eigenvalue weighted by Crippen LogP contribution is -2.40. The first kappa shape index (κ1) is 23.5. The molecule has 2 N–H and O–H groups in total. The second kappa shape index (κ2) is 12.0. The molecule has 182 valence electrons. The first-order chi connectivity index (χ1) is 17.3. The fourth-order valence-corrected chi connectivity index (χ4v) is 4.58. The number of rotatable bonds is 11. The normalized spacial score (nSPS) is 18.1. The zero-order chi connectivity index (χ0) is 23.7. The highest BCUT2D eigenvalue weighted by Gasteiger charge is 2.27. The SMILES string of the molecule is c1ccc(COCCCOc2ccc(C3CCNCC3OCc3ccc4[nH]cnc4c3)cc2)cc1. The lowest BCUT2D eigenvalue weighted by atomic mass is 9.87. The van der Waals surface area contributed by atoms with Gasteiger partial charge in [0.25, 0.3) is 0 Å². The fourth-order valence-electron chi connectivity index (χ4n) is 4.58. The fraction of sp³-hybridized carbons (Fsp3) is 0.345. The second-order valence-electron chi connectivity index (χ2n) is 9.01. The molecule has 6 nitrogen and oxygen atoms in total. The number of nitrogens with one attached hydrogen (secondary N) is 2. The van der Waals surface area contributed by atoms with Crippen molar-refractivity contribution in [2.75, 3.05) is 26.3 Å². The number of ether oxygens (including phenoxy) is 3. The van der Waals surface area contributed by atoms with Crippen LogP contribution in [-0.4, -0.2) is 42.4 Å². The molecule has 0 bridgehead atoms. The van der Waals surface area contributed by atoms with Gasteiger partial charge in [-0.05, 0) is 53.9 Å². The van der Waals surface area contributed by atoms with Gasteiger partial charge in [0.15, 0.2) is 0 Å². The zero-order valence-corrected chi connectivity index (χ0v) is 20.0. The van der Waals surface area contributed by atoms with Gasteiger partial charge in [-0.25, -0.2) is 4.98 Å². The van der Waals surface area contributed by atoms with Gasteiger partial charge in [0.05, 0.1) is 49.9 Å². The van der Waals surface area contributed by atoms with E-state index >= 15 is 0 Å². The van der Waals surface area contributed by atoms with Gasteiger partial charge in [-0.3, -0.25) is 0 Å². The van der Waals surface area contributed by atoms with Gasteiger partial charge >= 0.3 is 0 Å². The van der Waals surface area contributed by atoms with Crippen molar-refractivity contribution in [3.8, 4) is 5.75 Å². The van der Waals surface area contributed by atoms with Crippen LogP contribution < -0.4 is 10.1 Å². The van der Waals surface area contributed by atoms with E-state index in [-0.39, 0.29) is 6.10 Å². The van der Waals surface area contributed by atoms with Gasteiger partial charge in [-0.15, -0.1) is 0 Å². The largest absolute Gasteiger partial charge is 0.494 e. The van der Waals surface area contributed by atoms with E-state index in [9.17, 15) is 0 Å². The number of imidazole rings is 1. The summed E-state index contributed by atoms with van der Waals surface area (Å²) in [6, 6.07) is 25.0. The maximum atomic E-state index is 6.38. The lowest BCUT2D eigenvalue weighted by molar-refractivity contribution is 0.0106. The zero-order valence-electron chi connectivity index (χ0n) is 20.0.